The fourth-order valence-electron chi connectivity index (χ4n) is 2.05. The van der Waals surface area contributed by atoms with E-state index in [9.17, 15) is 20.1 Å². The molecule has 1 saturated heterocycles. The van der Waals surface area contributed by atoms with Crippen LogP contribution in [0.15, 0.2) is 30.3 Å². The first-order chi connectivity index (χ1) is 9.50. The summed E-state index contributed by atoms with van der Waals surface area (Å²) in [4.78, 5) is 11.0. The first kappa shape index (κ1) is 14.9. The standard InChI is InChI=1S/C13H17NO6/c14-12(17)8(15)11-10(9(16)13(18)20-11)19-6-7-4-2-1-3-5-7/h1-5,8-11,13,15-16,18H,6H2,(H2,14,17)/t8-,9?,10-,11+,13?/m1/s1. The molecule has 20 heavy (non-hydrogen) atoms. The molecule has 5 atom stereocenters. The molecule has 1 heterocycles. The van der Waals surface area contributed by atoms with Crippen molar-refractivity contribution in [1.29, 1.82) is 0 Å². The first-order valence-corrected chi connectivity index (χ1v) is 6.15. The molecule has 2 unspecified atom stereocenters. The van der Waals surface area contributed by atoms with E-state index in [-0.39, 0.29) is 6.61 Å². The molecule has 110 valence electrons. The maximum absolute atomic E-state index is 11.0. The summed E-state index contributed by atoms with van der Waals surface area (Å²) < 4.78 is 10.4. The van der Waals surface area contributed by atoms with Crippen LogP contribution < -0.4 is 5.73 Å². The fourth-order valence-corrected chi connectivity index (χ4v) is 2.05. The molecule has 1 aliphatic rings. The molecule has 1 aromatic carbocycles. The van der Waals surface area contributed by atoms with Gasteiger partial charge < -0.3 is 30.5 Å². The summed E-state index contributed by atoms with van der Waals surface area (Å²) in [6.07, 6.45) is -6.82. The molecule has 0 radical (unpaired) electrons. The lowest BCUT2D eigenvalue weighted by atomic mass is 10.1. The summed E-state index contributed by atoms with van der Waals surface area (Å²) >= 11 is 0. The number of amides is 1. The average molecular weight is 283 g/mol. The third-order valence-electron chi connectivity index (χ3n) is 3.14. The molecule has 2 rings (SSSR count). The number of hydrogen-bond donors (Lipinski definition) is 4. The second-order valence-corrected chi connectivity index (χ2v) is 4.59. The summed E-state index contributed by atoms with van der Waals surface area (Å²) in [6.45, 7) is 0.140. The molecule has 0 bridgehead atoms. The van der Waals surface area contributed by atoms with E-state index < -0.39 is 36.6 Å². The van der Waals surface area contributed by atoms with Crippen molar-refractivity contribution in [3.8, 4) is 0 Å². The minimum atomic E-state index is -1.66. The molecule has 1 aromatic rings. The van der Waals surface area contributed by atoms with Gasteiger partial charge in [0.2, 0.25) is 5.91 Å². The predicted octanol–water partition coefficient (Wildman–Crippen LogP) is -1.50. The van der Waals surface area contributed by atoms with Gasteiger partial charge in [-0.15, -0.1) is 0 Å². The number of carbonyl (C=O) groups excluding carboxylic acids is 1. The molecule has 7 nitrogen and oxygen atoms in total. The van der Waals surface area contributed by atoms with Crippen LogP contribution in [0.4, 0.5) is 0 Å². The van der Waals surface area contributed by atoms with Crippen LogP contribution in [-0.2, 0) is 20.9 Å². The van der Waals surface area contributed by atoms with Gasteiger partial charge in [-0.25, -0.2) is 0 Å². The largest absolute Gasteiger partial charge is 0.385 e. The fraction of sp³-hybridized carbons (Fsp3) is 0.462. The molecule has 0 aromatic heterocycles. The van der Waals surface area contributed by atoms with Gasteiger partial charge in [-0.2, -0.15) is 0 Å². The van der Waals surface area contributed by atoms with Crippen molar-refractivity contribution in [2.75, 3.05) is 0 Å². The lowest BCUT2D eigenvalue weighted by Crippen LogP contribution is -2.46. The topological polar surface area (TPSA) is 122 Å². The van der Waals surface area contributed by atoms with Crippen molar-refractivity contribution >= 4 is 5.91 Å². The Bertz CT molecular complexity index is 453. The highest BCUT2D eigenvalue weighted by Gasteiger charge is 2.48. The molecule has 5 N–H and O–H groups in total. The van der Waals surface area contributed by atoms with E-state index in [0.717, 1.165) is 5.56 Å². The highest BCUT2D eigenvalue weighted by Crippen LogP contribution is 2.26. The molecule has 7 heteroatoms. The second-order valence-electron chi connectivity index (χ2n) is 4.59. The van der Waals surface area contributed by atoms with Crippen LogP contribution >= 0.6 is 0 Å². The molecule has 0 saturated carbocycles. The number of rotatable bonds is 5. The van der Waals surface area contributed by atoms with E-state index in [0.29, 0.717) is 0 Å². The summed E-state index contributed by atoms with van der Waals surface area (Å²) in [6, 6.07) is 9.13. The van der Waals surface area contributed by atoms with Crippen molar-refractivity contribution in [3.05, 3.63) is 35.9 Å². The second kappa shape index (κ2) is 6.29. The smallest absolute Gasteiger partial charge is 0.249 e. The van der Waals surface area contributed by atoms with Gasteiger partial charge in [-0.05, 0) is 5.56 Å². The minimum Gasteiger partial charge on any atom is -0.385 e. The van der Waals surface area contributed by atoms with Crippen LogP contribution in [0, 0.1) is 0 Å². The Morgan fingerprint density at radius 3 is 2.60 bits per heavy atom. The summed E-state index contributed by atoms with van der Waals surface area (Å²) in [7, 11) is 0. The third kappa shape index (κ3) is 3.14. The Labute approximate surface area is 115 Å². The number of hydrogen-bond acceptors (Lipinski definition) is 6. The van der Waals surface area contributed by atoms with Gasteiger partial charge in [0.25, 0.3) is 0 Å². The summed E-state index contributed by atoms with van der Waals surface area (Å²) in [5.74, 6) is -1.01. The van der Waals surface area contributed by atoms with Crippen LogP contribution in [0.25, 0.3) is 0 Å². The number of nitrogens with two attached hydrogens (primary N) is 1. The van der Waals surface area contributed by atoms with Crippen molar-refractivity contribution < 1.29 is 29.6 Å². The Morgan fingerprint density at radius 2 is 2.00 bits per heavy atom. The quantitative estimate of drug-likeness (QED) is 0.521. The molecule has 1 fully saturated rings. The zero-order chi connectivity index (χ0) is 14.7. The van der Waals surface area contributed by atoms with E-state index in [1.54, 1.807) is 0 Å². The van der Waals surface area contributed by atoms with E-state index in [4.69, 9.17) is 15.2 Å². The normalized spacial score (nSPS) is 31.1. The predicted molar refractivity (Wildman–Crippen MR) is 67.1 cm³/mol. The van der Waals surface area contributed by atoms with Gasteiger partial charge >= 0.3 is 0 Å². The molecule has 0 spiro atoms. The molecule has 1 amide bonds. The van der Waals surface area contributed by atoms with E-state index in [1.807, 2.05) is 30.3 Å². The number of primary amides is 1. The molecular weight excluding hydrogens is 266 g/mol. The van der Waals surface area contributed by atoms with Crippen molar-refractivity contribution in [3.63, 3.8) is 0 Å². The Morgan fingerprint density at radius 1 is 1.35 bits per heavy atom. The zero-order valence-electron chi connectivity index (χ0n) is 10.6. The number of aliphatic hydroxyl groups excluding tert-OH is 3. The highest BCUT2D eigenvalue weighted by molar-refractivity contribution is 5.79. The Balaban J connectivity index is 2.04. The van der Waals surface area contributed by atoms with Crippen LogP contribution in [0.5, 0.6) is 0 Å². The average Bonchev–Trinajstić information content (AvgIpc) is 2.72. The van der Waals surface area contributed by atoms with E-state index >= 15 is 0 Å². The van der Waals surface area contributed by atoms with E-state index in [2.05, 4.69) is 0 Å². The van der Waals surface area contributed by atoms with Crippen LogP contribution in [0.3, 0.4) is 0 Å². The number of benzene rings is 1. The number of ether oxygens (including phenoxy) is 2. The first-order valence-electron chi connectivity index (χ1n) is 6.15. The number of aliphatic hydroxyl groups is 3. The van der Waals surface area contributed by atoms with Crippen molar-refractivity contribution in [2.24, 2.45) is 5.73 Å². The Kier molecular flexibility index (Phi) is 4.69. The van der Waals surface area contributed by atoms with Gasteiger partial charge in [0.15, 0.2) is 12.4 Å². The number of carbonyl (C=O) groups is 1. The third-order valence-corrected chi connectivity index (χ3v) is 3.14. The lowest BCUT2D eigenvalue weighted by Gasteiger charge is -2.22. The van der Waals surface area contributed by atoms with Gasteiger partial charge in [0.1, 0.15) is 18.3 Å². The van der Waals surface area contributed by atoms with E-state index in [1.165, 1.54) is 0 Å². The van der Waals surface area contributed by atoms with Crippen LogP contribution in [0.2, 0.25) is 0 Å². The van der Waals surface area contributed by atoms with Crippen LogP contribution in [0.1, 0.15) is 5.56 Å². The van der Waals surface area contributed by atoms with Crippen LogP contribution in [-0.4, -0.2) is 51.9 Å². The summed E-state index contributed by atoms with van der Waals surface area (Å²) in [5.41, 5.74) is 5.83. The highest BCUT2D eigenvalue weighted by atomic mass is 16.7. The van der Waals surface area contributed by atoms with Gasteiger partial charge in [-0.1, -0.05) is 30.3 Å². The SMILES string of the molecule is NC(=O)[C@H](O)[C@@H]1OC(O)C(O)[C@H]1OCc1ccccc1. The monoisotopic (exact) mass is 283 g/mol. The molecular formula is C13H17NO6. The lowest BCUT2D eigenvalue weighted by molar-refractivity contribution is -0.157. The molecule has 0 aliphatic carbocycles. The van der Waals surface area contributed by atoms with Crippen molar-refractivity contribution in [1.82, 2.24) is 0 Å². The maximum atomic E-state index is 11.0. The van der Waals surface area contributed by atoms with Gasteiger partial charge in [-0.3, -0.25) is 4.79 Å². The van der Waals surface area contributed by atoms with Gasteiger partial charge in [0.05, 0.1) is 6.61 Å². The maximum Gasteiger partial charge on any atom is 0.249 e. The van der Waals surface area contributed by atoms with Gasteiger partial charge in [0, 0.05) is 0 Å². The zero-order valence-corrected chi connectivity index (χ0v) is 10.6. The van der Waals surface area contributed by atoms with Crippen molar-refractivity contribution in [2.45, 2.75) is 37.3 Å². The Hall–Kier alpha value is -1.51. The molecule has 1 aliphatic heterocycles. The summed E-state index contributed by atoms with van der Waals surface area (Å²) in [5, 5.41) is 28.9. The minimum absolute atomic E-state index is 0.140.